The van der Waals surface area contributed by atoms with Crippen molar-refractivity contribution in [3.63, 3.8) is 0 Å². The number of amides is 1. The molecule has 0 heterocycles. The third-order valence-corrected chi connectivity index (χ3v) is 2.98. The molecule has 0 saturated carbocycles. The van der Waals surface area contributed by atoms with Gasteiger partial charge in [0.2, 0.25) is 0 Å². The van der Waals surface area contributed by atoms with E-state index in [1.54, 1.807) is 14.0 Å². The quantitative estimate of drug-likeness (QED) is 0.733. The number of rotatable bonds is 7. The number of aryl methyl sites for hydroxylation is 1. The van der Waals surface area contributed by atoms with Crippen molar-refractivity contribution in [3.8, 4) is 0 Å². The lowest BCUT2D eigenvalue weighted by Gasteiger charge is -2.16. The highest BCUT2D eigenvalue weighted by molar-refractivity contribution is 5.95. The first kappa shape index (κ1) is 16.4. The molecular weight excluding hydrogens is 261 g/mol. The molecule has 1 rings (SSSR count). The second-order valence-electron chi connectivity index (χ2n) is 4.75. The van der Waals surface area contributed by atoms with Crippen molar-refractivity contribution in [2.24, 2.45) is 0 Å². The number of likely N-dealkylation sites (N-methyl/N-ethyl adjacent to an activating group) is 1. The maximum Gasteiger partial charge on any atom is 0.254 e. The summed E-state index contributed by atoms with van der Waals surface area (Å²) in [6.07, 6.45) is 0. The lowest BCUT2D eigenvalue weighted by atomic mass is 10.1. The maximum atomic E-state index is 13.8. The van der Waals surface area contributed by atoms with Gasteiger partial charge >= 0.3 is 0 Å². The molecule has 0 aliphatic carbocycles. The standard InChI is InChI=1S/C14H22FN3O2/c1-10-8-11(16)9-12(13(10)15)14(19)17-4-5-18(2)6-7-20-3/h8-9H,4-7,16H2,1-3H3,(H,17,19). The Morgan fingerprint density at radius 1 is 1.45 bits per heavy atom. The molecule has 0 radical (unpaired) electrons. The Morgan fingerprint density at radius 3 is 2.80 bits per heavy atom. The van der Waals surface area contributed by atoms with E-state index in [0.29, 0.717) is 30.9 Å². The van der Waals surface area contributed by atoms with Gasteiger partial charge in [0.05, 0.1) is 12.2 Å². The molecule has 3 N–H and O–H groups in total. The predicted octanol–water partition coefficient (Wildman–Crippen LogP) is 1.02. The van der Waals surface area contributed by atoms with E-state index in [2.05, 4.69) is 5.32 Å². The third kappa shape index (κ3) is 4.79. The van der Waals surface area contributed by atoms with Crippen LogP contribution >= 0.6 is 0 Å². The van der Waals surface area contributed by atoms with E-state index in [4.69, 9.17) is 10.5 Å². The van der Waals surface area contributed by atoms with Gasteiger partial charge in [-0.15, -0.1) is 0 Å². The minimum Gasteiger partial charge on any atom is -0.399 e. The van der Waals surface area contributed by atoms with Crippen LogP contribution in [0, 0.1) is 12.7 Å². The lowest BCUT2D eigenvalue weighted by Crippen LogP contribution is -2.34. The topological polar surface area (TPSA) is 67.6 Å². The molecule has 20 heavy (non-hydrogen) atoms. The number of ether oxygens (including phenoxy) is 1. The van der Waals surface area contributed by atoms with Crippen LogP contribution in [-0.4, -0.2) is 51.2 Å². The zero-order valence-electron chi connectivity index (χ0n) is 12.2. The van der Waals surface area contributed by atoms with Crippen molar-refractivity contribution >= 4 is 11.6 Å². The number of benzene rings is 1. The molecular formula is C14H22FN3O2. The van der Waals surface area contributed by atoms with Crippen LogP contribution in [-0.2, 0) is 4.74 Å². The number of carbonyl (C=O) groups excluding carboxylic acids is 1. The summed E-state index contributed by atoms with van der Waals surface area (Å²) in [7, 11) is 3.57. The van der Waals surface area contributed by atoms with Crippen LogP contribution in [0.1, 0.15) is 15.9 Å². The first-order chi connectivity index (χ1) is 9.45. The third-order valence-electron chi connectivity index (χ3n) is 2.98. The fraction of sp³-hybridized carbons (Fsp3) is 0.500. The first-order valence-corrected chi connectivity index (χ1v) is 6.47. The minimum atomic E-state index is -0.524. The fourth-order valence-electron chi connectivity index (χ4n) is 1.78. The Balaban J connectivity index is 2.51. The van der Waals surface area contributed by atoms with E-state index in [1.165, 1.54) is 12.1 Å². The first-order valence-electron chi connectivity index (χ1n) is 6.47. The highest BCUT2D eigenvalue weighted by Crippen LogP contribution is 2.16. The Hall–Kier alpha value is -1.66. The zero-order valence-corrected chi connectivity index (χ0v) is 12.2. The Morgan fingerprint density at radius 2 is 2.15 bits per heavy atom. The van der Waals surface area contributed by atoms with Gasteiger partial charge in [0, 0.05) is 32.4 Å². The van der Waals surface area contributed by atoms with Crippen LogP contribution in [0.4, 0.5) is 10.1 Å². The van der Waals surface area contributed by atoms with Crippen LogP contribution in [0.25, 0.3) is 0 Å². The number of hydrogen-bond donors (Lipinski definition) is 2. The van der Waals surface area contributed by atoms with E-state index >= 15 is 0 Å². The lowest BCUT2D eigenvalue weighted by molar-refractivity contribution is 0.0943. The maximum absolute atomic E-state index is 13.8. The van der Waals surface area contributed by atoms with E-state index < -0.39 is 11.7 Å². The van der Waals surface area contributed by atoms with Crippen molar-refractivity contribution in [2.45, 2.75) is 6.92 Å². The molecule has 1 aromatic rings. The summed E-state index contributed by atoms with van der Waals surface area (Å²) in [5, 5.41) is 2.68. The number of nitrogens with one attached hydrogen (secondary N) is 1. The number of carbonyl (C=O) groups is 1. The highest BCUT2D eigenvalue weighted by Gasteiger charge is 2.14. The zero-order chi connectivity index (χ0) is 15.1. The van der Waals surface area contributed by atoms with E-state index in [-0.39, 0.29) is 5.56 Å². The van der Waals surface area contributed by atoms with Crippen molar-refractivity contribution in [3.05, 3.63) is 29.1 Å². The molecule has 0 atom stereocenters. The molecule has 112 valence electrons. The molecule has 0 aliphatic rings. The summed E-state index contributed by atoms with van der Waals surface area (Å²) in [6.45, 7) is 4.09. The molecule has 0 fully saturated rings. The Kier molecular flexibility index (Phi) is 6.41. The normalized spacial score (nSPS) is 10.8. The summed E-state index contributed by atoms with van der Waals surface area (Å²) in [6, 6.07) is 2.86. The number of nitrogens with two attached hydrogens (primary N) is 1. The fourth-order valence-corrected chi connectivity index (χ4v) is 1.78. The molecule has 1 amide bonds. The summed E-state index contributed by atoms with van der Waals surface area (Å²) < 4.78 is 18.8. The number of halogens is 1. The van der Waals surface area contributed by atoms with Gasteiger partial charge in [0.15, 0.2) is 0 Å². The van der Waals surface area contributed by atoms with Crippen LogP contribution in [0.15, 0.2) is 12.1 Å². The van der Waals surface area contributed by atoms with Gasteiger partial charge in [-0.25, -0.2) is 4.39 Å². The number of nitrogens with zero attached hydrogens (tertiary/aromatic N) is 1. The smallest absolute Gasteiger partial charge is 0.254 e. The van der Waals surface area contributed by atoms with Gasteiger partial charge < -0.3 is 20.7 Å². The van der Waals surface area contributed by atoms with Crippen molar-refractivity contribution in [2.75, 3.05) is 46.1 Å². The molecule has 0 aromatic heterocycles. The molecule has 5 nitrogen and oxygen atoms in total. The minimum absolute atomic E-state index is 0.0120. The molecule has 1 aromatic carbocycles. The summed E-state index contributed by atoms with van der Waals surface area (Å²) in [5.41, 5.74) is 6.37. The van der Waals surface area contributed by atoms with Crippen LogP contribution in [0.3, 0.4) is 0 Å². The molecule has 0 unspecified atom stereocenters. The van der Waals surface area contributed by atoms with E-state index in [0.717, 1.165) is 6.54 Å². The van der Waals surface area contributed by atoms with Gasteiger partial charge in [0.1, 0.15) is 5.82 Å². The second kappa shape index (κ2) is 7.81. The van der Waals surface area contributed by atoms with Crippen molar-refractivity contribution in [1.82, 2.24) is 10.2 Å². The van der Waals surface area contributed by atoms with Gasteiger partial charge in [-0.1, -0.05) is 0 Å². The number of hydrogen-bond acceptors (Lipinski definition) is 4. The Bertz CT molecular complexity index is 466. The van der Waals surface area contributed by atoms with Gasteiger partial charge in [0.25, 0.3) is 5.91 Å². The molecule has 0 spiro atoms. The number of nitrogen functional groups attached to an aromatic ring is 1. The van der Waals surface area contributed by atoms with Crippen LogP contribution < -0.4 is 11.1 Å². The van der Waals surface area contributed by atoms with Crippen LogP contribution in [0.2, 0.25) is 0 Å². The van der Waals surface area contributed by atoms with Gasteiger partial charge in [-0.3, -0.25) is 4.79 Å². The van der Waals surface area contributed by atoms with E-state index in [9.17, 15) is 9.18 Å². The molecule has 0 saturated heterocycles. The molecule has 6 heteroatoms. The number of anilines is 1. The highest BCUT2D eigenvalue weighted by atomic mass is 19.1. The number of methoxy groups -OCH3 is 1. The van der Waals surface area contributed by atoms with Crippen molar-refractivity contribution < 1.29 is 13.9 Å². The van der Waals surface area contributed by atoms with E-state index in [1.807, 2.05) is 11.9 Å². The average Bonchev–Trinajstić information content (AvgIpc) is 2.40. The van der Waals surface area contributed by atoms with Gasteiger partial charge in [-0.2, -0.15) is 0 Å². The summed E-state index contributed by atoms with van der Waals surface area (Å²) >= 11 is 0. The largest absolute Gasteiger partial charge is 0.399 e. The van der Waals surface area contributed by atoms with Crippen LogP contribution in [0.5, 0.6) is 0 Å². The second-order valence-corrected chi connectivity index (χ2v) is 4.75. The summed E-state index contributed by atoms with van der Waals surface area (Å²) in [5.74, 6) is -0.970. The SMILES string of the molecule is COCCN(C)CCNC(=O)c1cc(N)cc(C)c1F. The summed E-state index contributed by atoms with van der Waals surface area (Å²) in [4.78, 5) is 13.9. The predicted molar refractivity (Wildman–Crippen MR) is 77.3 cm³/mol. The monoisotopic (exact) mass is 283 g/mol. The van der Waals surface area contributed by atoms with Crippen molar-refractivity contribution in [1.29, 1.82) is 0 Å². The average molecular weight is 283 g/mol. The molecule has 0 aliphatic heterocycles. The van der Waals surface area contributed by atoms with Gasteiger partial charge in [-0.05, 0) is 31.7 Å². The molecule has 0 bridgehead atoms. The Labute approximate surface area is 118 Å².